The molecule has 2 amide bonds. The molecule has 1 aliphatic heterocycles. The second-order valence-corrected chi connectivity index (χ2v) is 10.2. The van der Waals surface area contributed by atoms with Crippen LogP contribution in [0.3, 0.4) is 0 Å². The standard InChI is InChI=1S/C30H28F5N3O2/c1-2-3-9-21-25-23(20-11-10-18(31)12-22(20)26(25)29(40)36-16-30(33,34)35)13-24(27(21)32)38-14-19(15-38)37-28(39)17-7-5-4-6-8-17/h4-8,10-13,19,26H,2-3,9,14-16H2,1H3,(H,36,40)(H,37,39). The number of fused-ring (bicyclic) bond motifs is 3. The van der Waals surface area contributed by atoms with E-state index in [9.17, 15) is 27.2 Å². The fourth-order valence-corrected chi connectivity index (χ4v) is 5.45. The van der Waals surface area contributed by atoms with Gasteiger partial charge in [-0.1, -0.05) is 37.6 Å². The maximum atomic E-state index is 16.2. The van der Waals surface area contributed by atoms with Crippen molar-refractivity contribution in [3.8, 4) is 11.1 Å². The van der Waals surface area contributed by atoms with E-state index in [1.54, 1.807) is 35.2 Å². The normalized spacial score (nSPS) is 16.2. The van der Waals surface area contributed by atoms with E-state index in [0.717, 1.165) is 12.5 Å². The largest absolute Gasteiger partial charge is 0.405 e. The molecular weight excluding hydrogens is 529 g/mol. The third-order valence-corrected chi connectivity index (χ3v) is 7.39. The van der Waals surface area contributed by atoms with Gasteiger partial charge in [0.2, 0.25) is 5.91 Å². The zero-order valence-corrected chi connectivity index (χ0v) is 21.7. The number of carbonyl (C=O) groups is 2. The fraction of sp³-hybridized carbons (Fsp3) is 0.333. The van der Waals surface area contributed by atoms with Gasteiger partial charge in [-0.05, 0) is 71.0 Å². The summed E-state index contributed by atoms with van der Waals surface area (Å²) in [5.41, 5.74) is 2.52. The number of nitrogens with zero attached hydrogens (tertiary/aromatic N) is 1. The predicted molar refractivity (Wildman–Crippen MR) is 141 cm³/mol. The van der Waals surface area contributed by atoms with E-state index in [1.165, 1.54) is 12.1 Å². The number of hydrogen-bond donors (Lipinski definition) is 2. The van der Waals surface area contributed by atoms with Crippen LogP contribution >= 0.6 is 0 Å². The number of unbranched alkanes of at least 4 members (excludes halogenated alkanes) is 1. The highest BCUT2D eigenvalue weighted by atomic mass is 19.4. The molecule has 1 aliphatic carbocycles. The lowest BCUT2D eigenvalue weighted by molar-refractivity contribution is -0.138. The van der Waals surface area contributed by atoms with Crippen molar-refractivity contribution in [1.82, 2.24) is 10.6 Å². The molecule has 3 aromatic rings. The van der Waals surface area contributed by atoms with Crippen LogP contribution in [-0.4, -0.2) is 43.7 Å². The molecule has 0 spiro atoms. The summed E-state index contributed by atoms with van der Waals surface area (Å²) >= 11 is 0. The number of hydrogen-bond acceptors (Lipinski definition) is 3. The van der Waals surface area contributed by atoms with Crippen molar-refractivity contribution in [1.29, 1.82) is 0 Å². The van der Waals surface area contributed by atoms with Gasteiger partial charge in [-0.3, -0.25) is 9.59 Å². The first kappa shape index (κ1) is 27.6. The Hall–Kier alpha value is -3.95. The average Bonchev–Trinajstić information content (AvgIpc) is 3.21. The third-order valence-electron chi connectivity index (χ3n) is 7.39. The van der Waals surface area contributed by atoms with Gasteiger partial charge in [0, 0.05) is 18.7 Å². The molecule has 1 atom stereocenters. The Morgan fingerprint density at radius 2 is 1.73 bits per heavy atom. The van der Waals surface area contributed by atoms with Crippen LogP contribution in [0, 0.1) is 11.6 Å². The molecule has 0 bridgehead atoms. The summed E-state index contributed by atoms with van der Waals surface area (Å²) in [6.07, 6.45) is -3.06. The van der Waals surface area contributed by atoms with Crippen LogP contribution in [0.1, 0.15) is 52.7 Å². The highest BCUT2D eigenvalue weighted by molar-refractivity contribution is 5.98. The van der Waals surface area contributed by atoms with Crippen molar-refractivity contribution >= 4 is 17.5 Å². The highest BCUT2D eigenvalue weighted by Gasteiger charge is 2.41. The number of nitrogens with one attached hydrogen (secondary N) is 2. The summed E-state index contributed by atoms with van der Waals surface area (Å²) in [7, 11) is 0. The molecule has 1 saturated heterocycles. The van der Waals surface area contributed by atoms with E-state index in [-0.39, 0.29) is 40.7 Å². The monoisotopic (exact) mass is 557 g/mol. The topological polar surface area (TPSA) is 61.4 Å². The molecule has 1 heterocycles. The van der Waals surface area contributed by atoms with Crippen LogP contribution in [0.2, 0.25) is 0 Å². The molecule has 2 N–H and O–H groups in total. The first-order chi connectivity index (χ1) is 19.1. The van der Waals surface area contributed by atoms with E-state index >= 15 is 4.39 Å². The fourth-order valence-electron chi connectivity index (χ4n) is 5.45. The second-order valence-electron chi connectivity index (χ2n) is 10.2. The number of rotatable bonds is 8. The van der Waals surface area contributed by atoms with Crippen molar-refractivity contribution in [3.63, 3.8) is 0 Å². The lowest BCUT2D eigenvalue weighted by Crippen LogP contribution is -2.59. The van der Waals surface area contributed by atoms with E-state index in [0.29, 0.717) is 36.2 Å². The summed E-state index contributed by atoms with van der Waals surface area (Å²) in [6, 6.07) is 13.9. The molecule has 10 heteroatoms. The Morgan fingerprint density at radius 1 is 1.00 bits per heavy atom. The van der Waals surface area contributed by atoms with Crippen molar-refractivity contribution in [2.24, 2.45) is 0 Å². The van der Waals surface area contributed by atoms with Crippen molar-refractivity contribution in [2.45, 2.75) is 44.3 Å². The molecular formula is C30H28F5N3O2. The molecule has 210 valence electrons. The molecule has 0 aromatic heterocycles. The minimum atomic E-state index is -4.63. The zero-order chi connectivity index (χ0) is 28.6. The number of alkyl halides is 3. The van der Waals surface area contributed by atoms with Crippen molar-refractivity contribution < 1.29 is 31.5 Å². The Labute approximate surface area is 228 Å². The summed E-state index contributed by atoms with van der Waals surface area (Å²) in [5.74, 6) is -3.65. The van der Waals surface area contributed by atoms with Gasteiger partial charge in [-0.15, -0.1) is 0 Å². The minimum Gasteiger partial charge on any atom is -0.365 e. The molecule has 5 nitrogen and oxygen atoms in total. The summed E-state index contributed by atoms with van der Waals surface area (Å²) in [4.78, 5) is 27.4. The minimum absolute atomic E-state index is 0.207. The smallest absolute Gasteiger partial charge is 0.365 e. The Bertz CT molecular complexity index is 1440. The highest BCUT2D eigenvalue weighted by Crippen LogP contribution is 2.50. The molecule has 0 radical (unpaired) electrons. The van der Waals surface area contributed by atoms with E-state index < -0.39 is 36.2 Å². The maximum absolute atomic E-state index is 16.2. The van der Waals surface area contributed by atoms with Gasteiger partial charge in [0.15, 0.2) is 0 Å². The number of amides is 2. The van der Waals surface area contributed by atoms with Crippen LogP contribution < -0.4 is 15.5 Å². The van der Waals surface area contributed by atoms with Gasteiger partial charge in [-0.25, -0.2) is 8.78 Å². The molecule has 0 saturated carbocycles. The number of halogens is 5. The molecule has 5 rings (SSSR count). The summed E-state index contributed by atoms with van der Waals surface area (Å²) < 4.78 is 69.2. The Kier molecular flexibility index (Phi) is 7.53. The molecule has 3 aromatic carbocycles. The van der Waals surface area contributed by atoms with Gasteiger partial charge < -0.3 is 15.5 Å². The maximum Gasteiger partial charge on any atom is 0.405 e. The predicted octanol–water partition coefficient (Wildman–Crippen LogP) is 5.72. The second kappa shape index (κ2) is 10.9. The average molecular weight is 558 g/mol. The summed E-state index contributed by atoms with van der Waals surface area (Å²) in [6.45, 7) is 1.09. The zero-order valence-electron chi connectivity index (χ0n) is 21.7. The number of benzene rings is 3. The van der Waals surface area contributed by atoms with Crippen molar-refractivity contribution in [2.75, 3.05) is 24.5 Å². The first-order valence-corrected chi connectivity index (χ1v) is 13.2. The van der Waals surface area contributed by atoms with Gasteiger partial charge in [0.1, 0.15) is 18.2 Å². The first-order valence-electron chi connectivity index (χ1n) is 13.2. The van der Waals surface area contributed by atoms with Gasteiger partial charge in [0.05, 0.1) is 17.6 Å². The van der Waals surface area contributed by atoms with E-state index in [1.807, 2.05) is 18.3 Å². The number of anilines is 1. The molecule has 1 fully saturated rings. The lowest BCUT2D eigenvalue weighted by Gasteiger charge is -2.42. The molecule has 1 unspecified atom stereocenters. The lowest BCUT2D eigenvalue weighted by atomic mass is 9.88. The molecule has 2 aliphatic rings. The SMILES string of the molecule is CCCCc1c(F)c(N2CC(NC(=O)c3ccccc3)C2)cc2c1C(C(=O)NCC(F)(F)F)c1cc(F)ccc1-2. The van der Waals surface area contributed by atoms with Crippen LogP contribution in [0.15, 0.2) is 54.6 Å². The van der Waals surface area contributed by atoms with Gasteiger partial charge in [-0.2, -0.15) is 13.2 Å². The van der Waals surface area contributed by atoms with Crippen LogP contribution in [0.25, 0.3) is 11.1 Å². The van der Waals surface area contributed by atoms with E-state index in [2.05, 4.69) is 5.32 Å². The van der Waals surface area contributed by atoms with Crippen LogP contribution in [0.5, 0.6) is 0 Å². The van der Waals surface area contributed by atoms with Crippen LogP contribution in [0.4, 0.5) is 27.6 Å². The summed E-state index contributed by atoms with van der Waals surface area (Å²) in [5, 5.41) is 4.84. The Morgan fingerprint density at radius 3 is 2.40 bits per heavy atom. The van der Waals surface area contributed by atoms with Crippen LogP contribution in [-0.2, 0) is 11.2 Å². The quantitative estimate of drug-likeness (QED) is 0.349. The van der Waals surface area contributed by atoms with E-state index in [4.69, 9.17) is 0 Å². The number of carbonyl (C=O) groups excluding carboxylic acids is 2. The third kappa shape index (κ3) is 5.39. The van der Waals surface area contributed by atoms with Gasteiger partial charge >= 0.3 is 6.18 Å². The van der Waals surface area contributed by atoms with Crippen molar-refractivity contribution in [3.05, 3.63) is 88.5 Å². The Balaban J connectivity index is 1.48. The van der Waals surface area contributed by atoms with Gasteiger partial charge in [0.25, 0.3) is 5.91 Å². The molecule has 40 heavy (non-hydrogen) atoms.